The van der Waals surface area contributed by atoms with Gasteiger partial charge in [-0.2, -0.15) is 0 Å². The Kier molecular flexibility index (Phi) is 2.58. The standard InChI is InChI=1S/C15H18N2OS2/c1-15(2)6-8(15)7-17-13(18)11-9-4-3-5-10(9)20-12(11)16-14(17)19/h8H,3-7H2,1-2H3,(H,16,19). The average molecular weight is 306 g/mol. The Hall–Kier alpha value is -0.940. The lowest BCUT2D eigenvalue weighted by atomic mass is 10.1. The van der Waals surface area contributed by atoms with Crippen LogP contribution in [0.5, 0.6) is 0 Å². The van der Waals surface area contributed by atoms with Crippen LogP contribution in [-0.2, 0) is 19.4 Å². The van der Waals surface area contributed by atoms with Crippen LogP contribution >= 0.6 is 23.6 Å². The summed E-state index contributed by atoms with van der Waals surface area (Å²) >= 11 is 7.13. The molecule has 0 aromatic carbocycles. The highest BCUT2D eigenvalue weighted by molar-refractivity contribution is 7.71. The summed E-state index contributed by atoms with van der Waals surface area (Å²) in [6.07, 6.45) is 4.53. The number of rotatable bonds is 2. The minimum absolute atomic E-state index is 0.130. The number of hydrogen-bond acceptors (Lipinski definition) is 3. The van der Waals surface area contributed by atoms with E-state index in [0.29, 0.717) is 16.1 Å². The van der Waals surface area contributed by atoms with Gasteiger partial charge in [-0.25, -0.2) is 0 Å². The Morgan fingerprint density at radius 1 is 1.45 bits per heavy atom. The van der Waals surface area contributed by atoms with Crippen LogP contribution in [0.2, 0.25) is 0 Å². The number of hydrogen-bond donors (Lipinski definition) is 1. The molecule has 0 saturated heterocycles. The molecule has 2 aromatic heterocycles. The van der Waals surface area contributed by atoms with Crippen LogP contribution in [0.25, 0.3) is 10.2 Å². The molecule has 1 atom stereocenters. The third-order valence-corrected chi connectivity index (χ3v) is 6.50. The summed E-state index contributed by atoms with van der Waals surface area (Å²) in [5, 5.41) is 0.912. The van der Waals surface area contributed by atoms with E-state index < -0.39 is 0 Å². The largest absolute Gasteiger partial charge is 0.323 e. The number of nitrogens with zero attached hydrogens (tertiary/aromatic N) is 1. The molecule has 2 heterocycles. The molecule has 1 unspecified atom stereocenters. The smallest absolute Gasteiger partial charge is 0.263 e. The van der Waals surface area contributed by atoms with Crippen molar-refractivity contribution in [2.45, 2.75) is 46.1 Å². The fraction of sp³-hybridized carbons (Fsp3) is 0.600. The third kappa shape index (κ3) is 1.76. The fourth-order valence-corrected chi connectivity index (χ4v) is 4.99. The summed E-state index contributed by atoms with van der Waals surface area (Å²) in [5.41, 5.74) is 1.78. The number of aromatic nitrogens is 2. The molecule has 1 fully saturated rings. The lowest BCUT2D eigenvalue weighted by molar-refractivity contribution is 0.486. The maximum Gasteiger partial charge on any atom is 0.263 e. The number of thiophene rings is 1. The quantitative estimate of drug-likeness (QED) is 0.860. The summed E-state index contributed by atoms with van der Waals surface area (Å²) in [6, 6.07) is 0. The van der Waals surface area contributed by atoms with Crippen molar-refractivity contribution in [3.8, 4) is 0 Å². The van der Waals surface area contributed by atoms with E-state index in [4.69, 9.17) is 12.2 Å². The number of nitrogens with one attached hydrogen (secondary N) is 1. The van der Waals surface area contributed by atoms with Crippen LogP contribution in [0.3, 0.4) is 0 Å². The normalized spacial score (nSPS) is 23.2. The molecule has 1 saturated carbocycles. The molecule has 5 heteroatoms. The van der Waals surface area contributed by atoms with Crippen molar-refractivity contribution in [1.29, 1.82) is 0 Å². The first kappa shape index (κ1) is 12.8. The lowest BCUT2D eigenvalue weighted by Crippen LogP contribution is -2.23. The van der Waals surface area contributed by atoms with E-state index >= 15 is 0 Å². The summed E-state index contributed by atoms with van der Waals surface area (Å²) in [5.74, 6) is 0.583. The van der Waals surface area contributed by atoms with Crippen molar-refractivity contribution in [1.82, 2.24) is 9.55 Å². The Bertz CT molecular complexity index is 825. The van der Waals surface area contributed by atoms with Gasteiger partial charge in [-0.1, -0.05) is 13.8 Å². The second-order valence-electron chi connectivity index (χ2n) is 6.80. The summed E-state index contributed by atoms with van der Waals surface area (Å²) in [6.45, 7) is 5.29. The minimum atomic E-state index is 0.130. The molecule has 106 valence electrons. The maximum atomic E-state index is 12.8. The van der Waals surface area contributed by atoms with Gasteiger partial charge < -0.3 is 4.98 Å². The van der Waals surface area contributed by atoms with E-state index in [1.807, 2.05) is 0 Å². The molecule has 2 aliphatic rings. The van der Waals surface area contributed by atoms with Gasteiger partial charge in [0.25, 0.3) is 5.56 Å². The molecule has 1 N–H and O–H groups in total. The van der Waals surface area contributed by atoms with E-state index in [1.165, 1.54) is 23.3 Å². The van der Waals surface area contributed by atoms with Gasteiger partial charge in [-0.15, -0.1) is 11.3 Å². The van der Waals surface area contributed by atoms with Crippen LogP contribution in [0.4, 0.5) is 0 Å². The van der Waals surface area contributed by atoms with E-state index in [9.17, 15) is 4.79 Å². The Morgan fingerprint density at radius 2 is 2.20 bits per heavy atom. The van der Waals surface area contributed by atoms with Crippen molar-refractivity contribution >= 4 is 33.8 Å². The summed E-state index contributed by atoms with van der Waals surface area (Å²) in [4.78, 5) is 18.5. The van der Waals surface area contributed by atoms with Gasteiger partial charge in [0.2, 0.25) is 0 Å². The highest BCUT2D eigenvalue weighted by Crippen LogP contribution is 2.52. The molecular weight excluding hydrogens is 288 g/mol. The van der Waals surface area contributed by atoms with E-state index in [1.54, 1.807) is 15.9 Å². The first-order valence-electron chi connectivity index (χ1n) is 7.25. The van der Waals surface area contributed by atoms with Crippen LogP contribution in [0, 0.1) is 16.1 Å². The zero-order valence-electron chi connectivity index (χ0n) is 11.8. The van der Waals surface area contributed by atoms with Gasteiger partial charge in [0, 0.05) is 11.4 Å². The average Bonchev–Trinajstić information content (AvgIpc) is 2.74. The first-order chi connectivity index (χ1) is 9.47. The van der Waals surface area contributed by atoms with Crippen LogP contribution < -0.4 is 5.56 Å². The number of aryl methyl sites for hydroxylation is 2. The molecule has 2 aromatic rings. The van der Waals surface area contributed by atoms with Crippen molar-refractivity contribution in [2.75, 3.05) is 0 Å². The van der Waals surface area contributed by atoms with E-state index in [0.717, 1.165) is 29.6 Å². The van der Waals surface area contributed by atoms with E-state index in [-0.39, 0.29) is 5.56 Å². The van der Waals surface area contributed by atoms with Gasteiger partial charge in [0.1, 0.15) is 4.83 Å². The predicted octanol–water partition coefficient (Wildman–Crippen LogP) is 3.66. The highest BCUT2D eigenvalue weighted by Gasteiger charge is 2.45. The number of H-pyrrole nitrogens is 1. The molecular formula is C15H18N2OS2. The highest BCUT2D eigenvalue weighted by atomic mass is 32.1. The van der Waals surface area contributed by atoms with Gasteiger partial charge in [-0.05, 0) is 54.8 Å². The molecule has 0 amide bonds. The second kappa shape index (κ2) is 4.04. The van der Waals surface area contributed by atoms with Crippen molar-refractivity contribution < 1.29 is 0 Å². The van der Waals surface area contributed by atoms with Crippen LogP contribution in [0.15, 0.2) is 4.79 Å². The van der Waals surface area contributed by atoms with Gasteiger partial charge in [-0.3, -0.25) is 9.36 Å². The van der Waals surface area contributed by atoms with Crippen molar-refractivity contribution in [2.24, 2.45) is 11.3 Å². The lowest BCUT2D eigenvalue weighted by Gasteiger charge is -2.08. The predicted molar refractivity (Wildman–Crippen MR) is 85.2 cm³/mol. The van der Waals surface area contributed by atoms with Crippen LogP contribution in [0.1, 0.15) is 37.1 Å². The molecule has 2 aliphatic carbocycles. The minimum Gasteiger partial charge on any atom is -0.323 e. The Labute approximate surface area is 126 Å². The topological polar surface area (TPSA) is 37.8 Å². The molecule has 0 spiro atoms. The van der Waals surface area contributed by atoms with Gasteiger partial charge in [0.15, 0.2) is 4.77 Å². The Balaban J connectivity index is 1.89. The number of fused-ring (bicyclic) bond motifs is 3. The Morgan fingerprint density at radius 3 is 2.90 bits per heavy atom. The van der Waals surface area contributed by atoms with Gasteiger partial charge >= 0.3 is 0 Å². The van der Waals surface area contributed by atoms with E-state index in [2.05, 4.69) is 18.8 Å². The number of aromatic amines is 1. The zero-order valence-corrected chi connectivity index (χ0v) is 13.4. The van der Waals surface area contributed by atoms with Crippen molar-refractivity contribution in [3.63, 3.8) is 0 Å². The van der Waals surface area contributed by atoms with Gasteiger partial charge in [0.05, 0.1) is 5.39 Å². The molecule has 0 aliphatic heterocycles. The zero-order chi connectivity index (χ0) is 14.1. The first-order valence-corrected chi connectivity index (χ1v) is 8.47. The monoisotopic (exact) mass is 306 g/mol. The van der Waals surface area contributed by atoms with Crippen LogP contribution in [-0.4, -0.2) is 9.55 Å². The molecule has 0 bridgehead atoms. The summed E-state index contributed by atoms with van der Waals surface area (Å²) < 4.78 is 2.38. The molecule has 20 heavy (non-hydrogen) atoms. The molecule has 4 rings (SSSR count). The van der Waals surface area contributed by atoms with Crippen molar-refractivity contribution in [3.05, 3.63) is 25.6 Å². The second-order valence-corrected chi connectivity index (χ2v) is 8.29. The molecule has 0 radical (unpaired) electrons. The summed E-state index contributed by atoms with van der Waals surface area (Å²) in [7, 11) is 0. The third-order valence-electron chi connectivity index (χ3n) is 4.97. The SMILES string of the molecule is CC1(C)CC1Cn1c(=S)[nH]c2sc3c(c2c1=O)CCC3. The fourth-order valence-electron chi connectivity index (χ4n) is 3.38. The maximum absolute atomic E-state index is 12.8. The molecule has 3 nitrogen and oxygen atoms in total.